The Bertz CT molecular complexity index is 431. The lowest BCUT2D eigenvalue weighted by atomic mass is 10.3. The van der Waals surface area contributed by atoms with Gasteiger partial charge < -0.3 is 0 Å². The van der Waals surface area contributed by atoms with E-state index in [1.54, 1.807) is 36.4 Å². The number of benzene rings is 2. The smallest absolute Gasteiger partial charge is 0.229 e. The molecule has 0 spiro atoms. The van der Waals surface area contributed by atoms with Gasteiger partial charge in [-0.15, -0.1) is 11.7 Å². The van der Waals surface area contributed by atoms with E-state index < -0.39 is 11.4 Å². The second-order valence-electron chi connectivity index (χ2n) is 3.35. The molecule has 0 fully saturated rings. The lowest BCUT2D eigenvalue weighted by molar-refractivity contribution is 0.633. The van der Waals surface area contributed by atoms with Gasteiger partial charge in [0.2, 0.25) is 0 Å². The molecule has 2 rings (SSSR count). The van der Waals surface area contributed by atoms with E-state index in [1.165, 1.54) is 24.3 Å². The van der Waals surface area contributed by atoms with Crippen molar-refractivity contribution in [2.75, 3.05) is 4.31 Å². The van der Waals surface area contributed by atoms with Gasteiger partial charge in [-0.3, -0.25) is 0 Å². The maximum Gasteiger partial charge on any atom is 0.306 e. The molecule has 17 heavy (non-hydrogen) atoms. The van der Waals surface area contributed by atoms with Gasteiger partial charge in [0.15, 0.2) is 0 Å². The Hall–Kier alpha value is -1.62. The first-order chi connectivity index (χ1) is 8.09. The van der Waals surface area contributed by atoms with Gasteiger partial charge in [-0.05, 0) is 24.3 Å². The van der Waals surface area contributed by atoms with Gasteiger partial charge in [0.05, 0.1) is 11.4 Å². The molecule has 2 aromatic carbocycles. The zero-order valence-electron chi connectivity index (χ0n) is 8.76. The van der Waals surface area contributed by atoms with Crippen LogP contribution < -0.4 is 4.31 Å². The average molecular weight is 257 g/mol. The molecule has 0 aliphatic heterocycles. The van der Waals surface area contributed by atoms with Gasteiger partial charge in [-0.1, -0.05) is 36.4 Å². The van der Waals surface area contributed by atoms with E-state index in [0.717, 1.165) is 0 Å². The van der Waals surface area contributed by atoms with Crippen molar-refractivity contribution in [2.24, 2.45) is 0 Å². The van der Waals surface area contributed by atoms with Gasteiger partial charge in [-0.2, -0.15) is 0 Å². The summed E-state index contributed by atoms with van der Waals surface area (Å²) in [4.78, 5) is 0. The molecule has 0 aliphatic rings. The van der Waals surface area contributed by atoms with Crippen LogP contribution in [0, 0.1) is 0 Å². The van der Waals surface area contributed by atoms with Crippen molar-refractivity contribution >= 4 is 22.7 Å². The summed E-state index contributed by atoms with van der Waals surface area (Å²) in [6, 6.07) is 15.6. The fraction of sp³-hybridized carbons (Fsp3) is 0. The number of hydrogen-bond acceptors (Lipinski definition) is 1. The van der Waals surface area contributed by atoms with Crippen molar-refractivity contribution in [3.05, 3.63) is 60.7 Å². The fourth-order valence-electron chi connectivity index (χ4n) is 1.51. The summed E-state index contributed by atoms with van der Waals surface area (Å²) >= 11 is -5.34. The third-order valence-electron chi connectivity index (χ3n) is 2.19. The monoisotopic (exact) mass is 257 g/mol. The molecule has 0 N–H and O–H groups in total. The molecule has 0 aromatic heterocycles. The molecular formula is C12H10F3NS. The lowest BCUT2D eigenvalue weighted by Crippen LogP contribution is -2.13. The van der Waals surface area contributed by atoms with Crippen LogP contribution in [0.1, 0.15) is 0 Å². The molecule has 2 aromatic rings. The van der Waals surface area contributed by atoms with E-state index in [9.17, 15) is 11.7 Å². The molecule has 0 bridgehead atoms. The first-order valence-electron chi connectivity index (χ1n) is 4.91. The van der Waals surface area contributed by atoms with Crippen molar-refractivity contribution < 1.29 is 11.7 Å². The van der Waals surface area contributed by atoms with E-state index in [0.29, 0.717) is 4.31 Å². The quantitative estimate of drug-likeness (QED) is 0.730. The molecule has 0 saturated carbocycles. The van der Waals surface area contributed by atoms with E-state index in [1.807, 2.05) is 0 Å². The highest BCUT2D eigenvalue weighted by molar-refractivity contribution is 8.22. The van der Waals surface area contributed by atoms with Crippen LogP contribution in [-0.4, -0.2) is 0 Å². The highest BCUT2D eigenvalue weighted by atomic mass is 32.3. The minimum absolute atomic E-state index is 0.140. The summed E-state index contributed by atoms with van der Waals surface area (Å²) in [5.41, 5.74) is 0.280. The molecular weight excluding hydrogens is 247 g/mol. The normalized spacial score (nSPS) is 12.2. The van der Waals surface area contributed by atoms with Crippen molar-refractivity contribution in [3.8, 4) is 0 Å². The Kier molecular flexibility index (Phi) is 3.28. The summed E-state index contributed by atoms with van der Waals surface area (Å²) in [5.74, 6) is 0. The van der Waals surface area contributed by atoms with Crippen LogP contribution in [0.25, 0.3) is 0 Å². The number of hydrogen-bond donors (Lipinski definition) is 0. The number of halogens is 3. The molecule has 0 heterocycles. The van der Waals surface area contributed by atoms with Crippen LogP contribution in [-0.2, 0) is 0 Å². The number of rotatable bonds is 3. The van der Waals surface area contributed by atoms with Gasteiger partial charge in [0.25, 0.3) is 0 Å². The van der Waals surface area contributed by atoms with Crippen molar-refractivity contribution in [3.63, 3.8) is 0 Å². The first kappa shape index (κ1) is 11.9. The summed E-state index contributed by atoms with van der Waals surface area (Å²) in [5, 5.41) is 0. The highest BCUT2D eigenvalue weighted by Gasteiger charge is 2.33. The largest absolute Gasteiger partial charge is 0.306 e. The lowest BCUT2D eigenvalue weighted by Gasteiger charge is -2.28. The fourth-order valence-corrected chi connectivity index (χ4v) is 2.24. The van der Waals surface area contributed by atoms with Gasteiger partial charge >= 0.3 is 11.4 Å². The Labute approximate surface area is 99.8 Å². The molecule has 5 heteroatoms. The van der Waals surface area contributed by atoms with E-state index in [2.05, 4.69) is 0 Å². The Morgan fingerprint density at radius 2 is 1.00 bits per heavy atom. The molecule has 1 nitrogen and oxygen atoms in total. The average Bonchev–Trinajstić information content (AvgIpc) is 2.30. The van der Waals surface area contributed by atoms with Crippen LogP contribution in [0.5, 0.6) is 0 Å². The third kappa shape index (κ3) is 2.74. The maximum atomic E-state index is 13.1. The number of anilines is 2. The van der Waals surface area contributed by atoms with Crippen LogP contribution in [0.2, 0.25) is 0 Å². The van der Waals surface area contributed by atoms with Crippen LogP contribution in [0.3, 0.4) is 0 Å². The Morgan fingerprint density at radius 1 is 0.647 bits per heavy atom. The minimum atomic E-state index is -5.34. The molecule has 90 valence electrons. The van der Waals surface area contributed by atoms with Gasteiger partial charge in [0, 0.05) is 0 Å². The van der Waals surface area contributed by atoms with Crippen molar-refractivity contribution in [1.29, 1.82) is 0 Å². The van der Waals surface area contributed by atoms with E-state index in [4.69, 9.17) is 0 Å². The summed E-state index contributed by atoms with van der Waals surface area (Å²) < 4.78 is 39.7. The number of nitrogens with zero attached hydrogens (tertiary/aromatic N) is 1. The zero-order valence-corrected chi connectivity index (χ0v) is 9.58. The maximum absolute atomic E-state index is 13.1. The predicted octanol–water partition coefficient (Wildman–Crippen LogP) is 5.20. The van der Waals surface area contributed by atoms with Gasteiger partial charge in [0.1, 0.15) is 0 Å². The van der Waals surface area contributed by atoms with Crippen LogP contribution in [0.15, 0.2) is 60.7 Å². The Morgan fingerprint density at radius 3 is 1.29 bits per heavy atom. The topological polar surface area (TPSA) is 3.24 Å². The first-order valence-corrected chi connectivity index (χ1v) is 6.21. The molecule has 0 atom stereocenters. The zero-order chi connectivity index (χ0) is 12.3. The van der Waals surface area contributed by atoms with Crippen molar-refractivity contribution in [2.45, 2.75) is 0 Å². The summed E-state index contributed by atoms with van der Waals surface area (Å²) in [6.07, 6.45) is 0. The highest BCUT2D eigenvalue weighted by Crippen LogP contribution is 2.61. The summed E-state index contributed by atoms with van der Waals surface area (Å²) in [6.45, 7) is 0. The Balaban J connectivity index is 2.48. The van der Waals surface area contributed by atoms with Crippen LogP contribution >= 0.6 is 11.4 Å². The molecule has 0 radical (unpaired) electrons. The van der Waals surface area contributed by atoms with E-state index in [-0.39, 0.29) is 11.4 Å². The molecule has 0 unspecified atom stereocenters. The predicted molar refractivity (Wildman–Crippen MR) is 65.9 cm³/mol. The van der Waals surface area contributed by atoms with Crippen LogP contribution in [0.4, 0.5) is 23.0 Å². The summed E-state index contributed by atoms with van der Waals surface area (Å²) in [7, 11) is 0. The SMILES string of the molecule is FS(F)(F)N(c1ccccc1)c1ccccc1. The second-order valence-corrected chi connectivity index (χ2v) is 4.48. The van der Waals surface area contributed by atoms with E-state index >= 15 is 0 Å². The third-order valence-corrected chi connectivity index (χ3v) is 3.02. The number of para-hydroxylation sites is 2. The second kappa shape index (κ2) is 4.71. The van der Waals surface area contributed by atoms with Gasteiger partial charge in [-0.25, -0.2) is 4.31 Å². The van der Waals surface area contributed by atoms with Crippen molar-refractivity contribution in [1.82, 2.24) is 0 Å². The molecule has 0 aliphatic carbocycles. The molecule has 0 saturated heterocycles. The standard InChI is InChI=1S/C12H10F3NS/c13-17(14,15)16(11-7-3-1-4-8-11)12-9-5-2-6-10-12/h1-10H. The minimum Gasteiger partial charge on any atom is -0.229 e. The molecule has 0 amide bonds.